The number of ether oxygens (including phenoxy) is 1. The highest BCUT2D eigenvalue weighted by atomic mass is 16.5. The Balaban J connectivity index is 2.32. The van der Waals surface area contributed by atoms with Crippen LogP contribution < -0.4 is 9.64 Å². The molecule has 0 aliphatic carbocycles. The molecule has 0 spiro atoms. The third kappa shape index (κ3) is 2.16. The molecule has 0 radical (unpaired) electrons. The number of carbonyl (C=O) groups excluding carboxylic acids is 1. The zero-order chi connectivity index (χ0) is 13.3. The van der Waals surface area contributed by atoms with Crippen LogP contribution in [-0.2, 0) is 9.59 Å². The van der Waals surface area contributed by atoms with E-state index in [0.717, 1.165) is 5.56 Å². The van der Waals surface area contributed by atoms with E-state index in [0.29, 0.717) is 11.4 Å². The standard InChI is InChI=1S/C13H15NO4/c1-8-3-4-10(11(5-8)18-2)14-7-9(13(16)17)6-12(14)15/h3-5,9H,6-7H2,1-2H3,(H,16,17)/t9-/m1/s1. The fourth-order valence-electron chi connectivity index (χ4n) is 2.11. The van der Waals surface area contributed by atoms with Gasteiger partial charge in [-0.25, -0.2) is 0 Å². The van der Waals surface area contributed by atoms with Crippen molar-refractivity contribution in [3.05, 3.63) is 23.8 Å². The Morgan fingerprint density at radius 3 is 2.78 bits per heavy atom. The lowest BCUT2D eigenvalue weighted by Gasteiger charge is -2.19. The van der Waals surface area contributed by atoms with Gasteiger partial charge in [0.15, 0.2) is 0 Å². The van der Waals surface area contributed by atoms with Crippen LogP contribution in [0.1, 0.15) is 12.0 Å². The van der Waals surface area contributed by atoms with Gasteiger partial charge in [0.1, 0.15) is 5.75 Å². The number of anilines is 1. The summed E-state index contributed by atoms with van der Waals surface area (Å²) in [6.45, 7) is 2.13. The van der Waals surface area contributed by atoms with Crippen LogP contribution in [0, 0.1) is 12.8 Å². The molecule has 1 atom stereocenters. The fraction of sp³-hybridized carbons (Fsp3) is 0.385. The van der Waals surface area contributed by atoms with E-state index in [-0.39, 0.29) is 18.9 Å². The van der Waals surface area contributed by atoms with Crippen molar-refractivity contribution in [2.24, 2.45) is 5.92 Å². The lowest BCUT2D eigenvalue weighted by Crippen LogP contribution is -2.26. The number of rotatable bonds is 3. The van der Waals surface area contributed by atoms with Crippen molar-refractivity contribution in [1.29, 1.82) is 0 Å². The van der Waals surface area contributed by atoms with Gasteiger partial charge in [-0.3, -0.25) is 9.59 Å². The highest BCUT2D eigenvalue weighted by Gasteiger charge is 2.36. The molecule has 1 fully saturated rings. The molecule has 1 saturated heterocycles. The van der Waals surface area contributed by atoms with Crippen LogP contribution >= 0.6 is 0 Å². The van der Waals surface area contributed by atoms with Gasteiger partial charge >= 0.3 is 5.97 Å². The molecule has 0 unspecified atom stereocenters. The molecule has 0 saturated carbocycles. The largest absolute Gasteiger partial charge is 0.495 e. The minimum Gasteiger partial charge on any atom is -0.495 e. The van der Waals surface area contributed by atoms with E-state index >= 15 is 0 Å². The Morgan fingerprint density at radius 1 is 1.50 bits per heavy atom. The summed E-state index contributed by atoms with van der Waals surface area (Å²) in [5.74, 6) is -1.15. The second-order valence-corrected chi connectivity index (χ2v) is 4.42. The highest BCUT2D eigenvalue weighted by Crippen LogP contribution is 2.33. The van der Waals surface area contributed by atoms with Gasteiger partial charge in [-0.1, -0.05) is 6.07 Å². The molecule has 0 aromatic heterocycles. The van der Waals surface area contributed by atoms with Crippen LogP contribution in [0.15, 0.2) is 18.2 Å². The first kappa shape index (κ1) is 12.4. The Kier molecular flexibility index (Phi) is 3.23. The number of hydrogen-bond acceptors (Lipinski definition) is 3. The first-order valence-electron chi connectivity index (χ1n) is 5.70. The van der Waals surface area contributed by atoms with Crippen LogP contribution in [0.4, 0.5) is 5.69 Å². The lowest BCUT2D eigenvalue weighted by atomic mass is 10.1. The van der Waals surface area contributed by atoms with Crippen molar-refractivity contribution in [2.45, 2.75) is 13.3 Å². The maximum Gasteiger partial charge on any atom is 0.308 e. The average molecular weight is 249 g/mol. The number of methoxy groups -OCH3 is 1. The molecule has 1 aromatic rings. The second-order valence-electron chi connectivity index (χ2n) is 4.42. The number of amides is 1. The molecule has 1 heterocycles. The highest BCUT2D eigenvalue weighted by molar-refractivity contribution is 6.00. The normalized spacial score (nSPS) is 19.1. The number of benzene rings is 1. The van der Waals surface area contributed by atoms with Gasteiger partial charge in [-0.2, -0.15) is 0 Å². The molecule has 2 rings (SSSR count). The van der Waals surface area contributed by atoms with Crippen LogP contribution in [0.5, 0.6) is 5.75 Å². The summed E-state index contributed by atoms with van der Waals surface area (Å²) in [7, 11) is 1.54. The topological polar surface area (TPSA) is 66.8 Å². The molecule has 1 amide bonds. The zero-order valence-corrected chi connectivity index (χ0v) is 10.3. The number of carboxylic acids is 1. The van der Waals surface area contributed by atoms with E-state index in [9.17, 15) is 9.59 Å². The minimum atomic E-state index is -0.933. The van der Waals surface area contributed by atoms with E-state index in [1.807, 2.05) is 19.1 Å². The first-order valence-corrected chi connectivity index (χ1v) is 5.70. The maximum absolute atomic E-state index is 11.8. The van der Waals surface area contributed by atoms with E-state index < -0.39 is 11.9 Å². The van der Waals surface area contributed by atoms with Crippen LogP contribution in [-0.4, -0.2) is 30.6 Å². The van der Waals surface area contributed by atoms with Gasteiger partial charge in [-0.15, -0.1) is 0 Å². The van der Waals surface area contributed by atoms with Crippen molar-refractivity contribution < 1.29 is 19.4 Å². The Bertz CT molecular complexity index is 498. The molecular weight excluding hydrogens is 234 g/mol. The third-order valence-corrected chi connectivity index (χ3v) is 3.10. The molecular formula is C13H15NO4. The van der Waals surface area contributed by atoms with Crippen molar-refractivity contribution in [3.63, 3.8) is 0 Å². The monoisotopic (exact) mass is 249 g/mol. The quantitative estimate of drug-likeness (QED) is 0.880. The average Bonchev–Trinajstić information content (AvgIpc) is 2.71. The van der Waals surface area contributed by atoms with Crippen LogP contribution in [0.25, 0.3) is 0 Å². The van der Waals surface area contributed by atoms with Gasteiger partial charge in [0, 0.05) is 13.0 Å². The molecule has 1 N–H and O–H groups in total. The molecule has 18 heavy (non-hydrogen) atoms. The summed E-state index contributed by atoms with van der Waals surface area (Å²) in [6, 6.07) is 5.49. The predicted molar refractivity (Wildman–Crippen MR) is 65.8 cm³/mol. The SMILES string of the molecule is COc1cc(C)ccc1N1C[C@H](C(=O)O)CC1=O. The summed E-state index contributed by atoms with van der Waals surface area (Å²) in [5, 5.41) is 8.96. The Labute approximate surface area is 105 Å². The number of hydrogen-bond donors (Lipinski definition) is 1. The number of aryl methyl sites for hydroxylation is 1. The van der Waals surface area contributed by atoms with Crippen molar-refractivity contribution >= 4 is 17.6 Å². The summed E-state index contributed by atoms with van der Waals surface area (Å²) in [5.41, 5.74) is 1.66. The molecule has 1 aliphatic heterocycles. The Hall–Kier alpha value is -2.04. The first-order chi connectivity index (χ1) is 8.52. The minimum absolute atomic E-state index is 0.0480. The number of aliphatic carboxylic acids is 1. The van der Waals surface area contributed by atoms with E-state index in [1.165, 1.54) is 12.0 Å². The number of nitrogens with zero attached hydrogens (tertiary/aromatic N) is 1. The van der Waals surface area contributed by atoms with Gasteiger partial charge < -0.3 is 14.7 Å². The number of carbonyl (C=O) groups is 2. The van der Waals surface area contributed by atoms with Gasteiger partial charge in [-0.05, 0) is 24.6 Å². The molecule has 5 nitrogen and oxygen atoms in total. The van der Waals surface area contributed by atoms with Crippen molar-refractivity contribution in [2.75, 3.05) is 18.6 Å². The maximum atomic E-state index is 11.8. The van der Waals surface area contributed by atoms with Gasteiger partial charge in [0.25, 0.3) is 0 Å². The van der Waals surface area contributed by atoms with E-state index in [1.54, 1.807) is 6.07 Å². The van der Waals surface area contributed by atoms with Crippen LogP contribution in [0.3, 0.4) is 0 Å². The Morgan fingerprint density at radius 2 is 2.22 bits per heavy atom. The summed E-state index contributed by atoms with van der Waals surface area (Å²) in [4.78, 5) is 24.3. The fourth-order valence-corrected chi connectivity index (χ4v) is 2.11. The lowest BCUT2D eigenvalue weighted by molar-refractivity contribution is -0.141. The van der Waals surface area contributed by atoms with E-state index in [4.69, 9.17) is 9.84 Å². The second kappa shape index (κ2) is 4.68. The molecule has 1 aliphatic rings. The van der Waals surface area contributed by atoms with Crippen LogP contribution in [0.2, 0.25) is 0 Å². The molecule has 5 heteroatoms. The molecule has 1 aromatic carbocycles. The number of carboxylic acid groups (broad SMARTS) is 1. The predicted octanol–water partition coefficient (Wildman–Crippen LogP) is 1.44. The summed E-state index contributed by atoms with van der Waals surface area (Å²) >= 11 is 0. The summed E-state index contributed by atoms with van der Waals surface area (Å²) < 4.78 is 5.24. The van der Waals surface area contributed by atoms with Crippen molar-refractivity contribution in [1.82, 2.24) is 0 Å². The third-order valence-electron chi connectivity index (χ3n) is 3.10. The van der Waals surface area contributed by atoms with E-state index in [2.05, 4.69) is 0 Å². The summed E-state index contributed by atoms with van der Waals surface area (Å²) in [6.07, 6.45) is 0.0480. The molecule has 0 bridgehead atoms. The van der Waals surface area contributed by atoms with Crippen molar-refractivity contribution in [3.8, 4) is 5.75 Å². The van der Waals surface area contributed by atoms with Gasteiger partial charge in [0.05, 0.1) is 18.7 Å². The zero-order valence-electron chi connectivity index (χ0n) is 10.3. The smallest absolute Gasteiger partial charge is 0.308 e. The molecule has 96 valence electrons. The van der Waals surface area contributed by atoms with Gasteiger partial charge in [0.2, 0.25) is 5.91 Å².